The number of amides is 3. The van der Waals surface area contributed by atoms with Gasteiger partial charge in [0.25, 0.3) is 5.91 Å². The standard InChI is InChI=1S/C15H18N4O3S/c1-10-9-23-15(16-10)18-14(21)17-12-2-5-19(6-3-12)13(20)11-4-7-22-8-11/h4,7-9,12H,2-3,5-6H2,1H3,(H2,16,17,18,21). The molecule has 0 aliphatic carbocycles. The summed E-state index contributed by atoms with van der Waals surface area (Å²) in [6.07, 6.45) is 4.41. The molecule has 0 spiro atoms. The molecule has 3 rings (SSSR count). The highest BCUT2D eigenvalue weighted by atomic mass is 32.1. The van der Waals surface area contributed by atoms with Crippen LogP contribution in [-0.2, 0) is 0 Å². The lowest BCUT2D eigenvalue weighted by atomic mass is 10.0. The highest BCUT2D eigenvalue weighted by Crippen LogP contribution is 2.16. The van der Waals surface area contributed by atoms with Gasteiger partial charge in [-0.15, -0.1) is 11.3 Å². The molecule has 0 bridgehead atoms. The van der Waals surface area contributed by atoms with Gasteiger partial charge in [0.1, 0.15) is 6.26 Å². The first-order chi connectivity index (χ1) is 11.1. The zero-order valence-electron chi connectivity index (χ0n) is 12.7. The quantitative estimate of drug-likeness (QED) is 0.902. The lowest BCUT2D eigenvalue weighted by Gasteiger charge is -2.32. The van der Waals surface area contributed by atoms with Crippen molar-refractivity contribution in [1.82, 2.24) is 15.2 Å². The summed E-state index contributed by atoms with van der Waals surface area (Å²) < 4.78 is 4.94. The maximum atomic E-state index is 12.2. The molecular weight excluding hydrogens is 316 g/mol. The van der Waals surface area contributed by atoms with Crippen LogP contribution in [-0.4, -0.2) is 41.0 Å². The van der Waals surface area contributed by atoms with Crippen LogP contribution in [0, 0.1) is 6.92 Å². The summed E-state index contributed by atoms with van der Waals surface area (Å²) >= 11 is 1.40. The van der Waals surface area contributed by atoms with Crippen LogP contribution in [0.3, 0.4) is 0 Å². The lowest BCUT2D eigenvalue weighted by molar-refractivity contribution is 0.0708. The SMILES string of the molecule is Cc1csc(NC(=O)NC2CCN(C(=O)c3ccoc3)CC2)n1. The van der Waals surface area contributed by atoms with Crippen LogP contribution in [0.2, 0.25) is 0 Å². The van der Waals surface area contributed by atoms with E-state index >= 15 is 0 Å². The van der Waals surface area contributed by atoms with Gasteiger partial charge < -0.3 is 14.6 Å². The fourth-order valence-corrected chi connectivity index (χ4v) is 3.21. The second-order valence-corrected chi connectivity index (χ2v) is 6.33. The molecule has 23 heavy (non-hydrogen) atoms. The molecular formula is C15H18N4O3S. The van der Waals surface area contributed by atoms with Crippen molar-refractivity contribution in [2.24, 2.45) is 0 Å². The topological polar surface area (TPSA) is 87.5 Å². The van der Waals surface area contributed by atoms with Crippen molar-refractivity contribution in [3.63, 3.8) is 0 Å². The van der Waals surface area contributed by atoms with E-state index in [0.717, 1.165) is 18.5 Å². The number of urea groups is 1. The van der Waals surface area contributed by atoms with Gasteiger partial charge in [0.05, 0.1) is 17.5 Å². The first kappa shape index (κ1) is 15.5. The Kier molecular flexibility index (Phi) is 4.61. The van der Waals surface area contributed by atoms with Gasteiger partial charge in [0, 0.05) is 24.5 Å². The largest absolute Gasteiger partial charge is 0.472 e. The van der Waals surface area contributed by atoms with Crippen LogP contribution in [0.5, 0.6) is 0 Å². The van der Waals surface area contributed by atoms with E-state index in [2.05, 4.69) is 15.6 Å². The van der Waals surface area contributed by atoms with Gasteiger partial charge in [-0.3, -0.25) is 10.1 Å². The summed E-state index contributed by atoms with van der Waals surface area (Å²) in [5.74, 6) is -0.0279. The number of carbonyl (C=O) groups excluding carboxylic acids is 2. The summed E-state index contributed by atoms with van der Waals surface area (Å²) in [5.41, 5.74) is 1.45. The number of nitrogens with zero attached hydrogens (tertiary/aromatic N) is 2. The number of likely N-dealkylation sites (tertiary alicyclic amines) is 1. The Balaban J connectivity index is 1.45. The van der Waals surface area contributed by atoms with E-state index < -0.39 is 0 Å². The number of rotatable bonds is 3. The van der Waals surface area contributed by atoms with Gasteiger partial charge in [-0.25, -0.2) is 9.78 Å². The summed E-state index contributed by atoms with van der Waals surface area (Å²) in [4.78, 5) is 30.1. The molecule has 2 N–H and O–H groups in total. The first-order valence-electron chi connectivity index (χ1n) is 7.43. The molecule has 7 nitrogen and oxygen atoms in total. The molecule has 1 fully saturated rings. The Labute approximate surface area is 137 Å². The van der Waals surface area contributed by atoms with Gasteiger partial charge in [0.2, 0.25) is 0 Å². The summed E-state index contributed by atoms with van der Waals surface area (Å²) in [7, 11) is 0. The number of anilines is 1. The van der Waals surface area contributed by atoms with Crippen molar-refractivity contribution in [3.8, 4) is 0 Å². The fraction of sp³-hybridized carbons (Fsp3) is 0.400. The van der Waals surface area contributed by atoms with Crippen LogP contribution < -0.4 is 10.6 Å². The highest BCUT2D eigenvalue weighted by Gasteiger charge is 2.25. The number of thiazole rings is 1. The minimum Gasteiger partial charge on any atom is -0.472 e. The molecule has 0 unspecified atom stereocenters. The summed E-state index contributed by atoms with van der Waals surface area (Å²) in [6.45, 7) is 3.11. The molecule has 122 valence electrons. The first-order valence-corrected chi connectivity index (χ1v) is 8.31. The van der Waals surface area contributed by atoms with E-state index in [-0.39, 0.29) is 18.0 Å². The maximum Gasteiger partial charge on any atom is 0.321 e. The Morgan fingerprint density at radius 2 is 2.17 bits per heavy atom. The van der Waals surface area contributed by atoms with Crippen molar-refractivity contribution in [2.75, 3.05) is 18.4 Å². The molecule has 2 aromatic heterocycles. The van der Waals surface area contributed by atoms with Crippen LogP contribution in [0.15, 0.2) is 28.4 Å². The Hall–Kier alpha value is -2.35. The molecule has 1 aliphatic heterocycles. The molecule has 8 heteroatoms. The molecule has 1 saturated heterocycles. The van der Waals surface area contributed by atoms with Gasteiger partial charge in [-0.05, 0) is 25.8 Å². The number of furan rings is 1. The van der Waals surface area contributed by atoms with E-state index in [1.807, 2.05) is 12.3 Å². The zero-order valence-corrected chi connectivity index (χ0v) is 13.6. The summed E-state index contributed by atoms with van der Waals surface area (Å²) in [5, 5.41) is 8.14. The fourth-order valence-electron chi connectivity index (χ4n) is 2.53. The molecule has 1 aliphatic rings. The lowest BCUT2D eigenvalue weighted by Crippen LogP contribution is -2.47. The average Bonchev–Trinajstić information content (AvgIpc) is 3.19. The maximum absolute atomic E-state index is 12.2. The Morgan fingerprint density at radius 1 is 1.39 bits per heavy atom. The minimum atomic E-state index is -0.251. The predicted molar refractivity (Wildman–Crippen MR) is 86.6 cm³/mol. The van der Waals surface area contributed by atoms with Crippen LogP contribution in [0.4, 0.5) is 9.93 Å². The Morgan fingerprint density at radius 3 is 2.78 bits per heavy atom. The number of carbonyl (C=O) groups is 2. The van der Waals surface area contributed by atoms with E-state index in [1.54, 1.807) is 11.0 Å². The van der Waals surface area contributed by atoms with E-state index in [1.165, 1.54) is 23.9 Å². The number of hydrogen-bond acceptors (Lipinski definition) is 5. The second-order valence-electron chi connectivity index (χ2n) is 5.47. The Bertz CT molecular complexity index is 675. The van der Waals surface area contributed by atoms with Gasteiger partial charge in [0.15, 0.2) is 5.13 Å². The average molecular weight is 334 g/mol. The van der Waals surface area contributed by atoms with Crippen LogP contribution in [0.25, 0.3) is 0 Å². The molecule has 3 heterocycles. The van der Waals surface area contributed by atoms with Crippen molar-refractivity contribution in [3.05, 3.63) is 35.2 Å². The van der Waals surface area contributed by atoms with Crippen molar-refractivity contribution in [2.45, 2.75) is 25.8 Å². The van der Waals surface area contributed by atoms with E-state index in [4.69, 9.17) is 4.42 Å². The second kappa shape index (κ2) is 6.82. The molecule has 0 saturated carbocycles. The van der Waals surface area contributed by atoms with Gasteiger partial charge in [-0.1, -0.05) is 0 Å². The molecule has 0 radical (unpaired) electrons. The van der Waals surface area contributed by atoms with Crippen molar-refractivity contribution >= 4 is 28.4 Å². The molecule has 0 aromatic carbocycles. The van der Waals surface area contributed by atoms with Gasteiger partial charge >= 0.3 is 6.03 Å². The number of hydrogen-bond donors (Lipinski definition) is 2. The van der Waals surface area contributed by atoms with E-state index in [9.17, 15) is 9.59 Å². The number of aryl methyl sites for hydroxylation is 1. The van der Waals surface area contributed by atoms with E-state index in [0.29, 0.717) is 23.8 Å². The summed E-state index contributed by atoms with van der Waals surface area (Å²) in [6, 6.07) is 1.47. The normalized spacial score (nSPS) is 15.4. The smallest absolute Gasteiger partial charge is 0.321 e. The van der Waals surface area contributed by atoms with Crippen LogP contribution >= 0.6 is 11.3 Å². The third-order valence-electron chi connectivity index (χ3n) is 3.72. The number of piperidine rings is 1. The number of nitrogens with one attached hydrogen (secondary N) is 2. The van der Waals surface area contributed by atoms with Crippen LogP contribution in [0.1, 0.15) is 28.9 Å². The van der Waals surface area contributed by atoms with Crippen molar-refractivity contribution < 1.29 is 14.0 Å². The predicted octanol–water partition coefficient (Wildman–Crippen LogP) is 2.47. The van der Waals surface area contributed by atoms with Crippen molar-refractivity contribution in [1.29, 1.82) is 0 Å². The number of aromatic nitrogens is 1. The third-order valence-corrected chi connectivity index (χ3v) is 4.60. The molecule has 3 amide bonds. The minimum absolute atomic E-state index is 0.0279. The third kappa shape index (κ3) is 3.89. The molecule has 2 aromatic rings. The zero-order chi connectivity index (χ0) is 16.2. The molecule has 0 atom stereocenters. The highest BCUT2D eigenvalue weighted by molar-refractivity contribution is 7.13. The van der Waals surface area contributed by atoms with Gasteiger partial charge in [-0.2, -0.15) is 0 Å². The monoisotopic (exact) mass is 334 g/mol.